The van der Waals surface area contributed by atoms with E-state index in [0.717, 1.165) is 36.7 Å². The summed E-state index contributed by atoms with van der Waals surface area (Å²) in [5.41, 5.74) is 1.02. The predicted molar refractivity (Wildman–Crippen MR) is 72.7 cm³/mol. The highest BCUT2D eigenvalue weighted by Crippen LogP contribution is 2.29. The second kappa shape index (κ2) is 6.02. The van der Waals surface area contributed by atoms with Gasteiger partial charge in [0.25, 0.3) is 0 Å². The highest BCUT2D eigenvalue weighted by atomic mass is 35.5. The Morgan fingerprint density at radius 1 is 1.44 bits per heavy atom. The predicted octanol–water partition coefficient (Wildman–Crippen LogP) is 2.17. The lowest BCUT2D eigenvalue weighted by Crippen LogP contribution is -2.38. The van der Waals surface area contributed by atoms with Gasteiger partial charge in [0, 0.05) is 30.1 Å². The summed E-state index contributed by atoms with van der Waals surface area (Å²) in [6, 6.07) is 7.88. The maximum atomic E-state index is 9.55. The van der Waals surface area contributed by atoms with E-state index in [2.05, 4.69) is 11.9 Å². The minimum atomic E-state index is -0.101. The van der Waals surface area contributed by atoms with Crippen molar-refractivity contribution in [3.8, 4) is 0 Å². The molecular weight excluding hydrogens is 250 g/mol. The summed E-state index contributed by atoms with van der Waals surface area (Å²) in [5, 5.41) is 10.3. The number of nitrogens with zero attached hydrogens (tertiary/aromatic N) is 1. The fourth-order valence-corrected chi connectivity index (χ4v) is 2.69. The van der Waals surface area contributed by atoms with Crippen LogP contribution in [0.25, 0.3) is 0 Å². The Labute approximate surface area is 113 Å². The van der Waals surface area contributed by atoms with Crippen LogP contribution in [0.4, 0.5) is 0 Å². The van der Waals surface area contributed by atoms with Crippen LogP contribution in [0.5, 0.6) is 0 Å². The third-order valence-corrected chi connectivity index (χ3v) is 3.89. The average molecular weight is 270 g/mol. The fourth-order valence-electron chi connectivity index (χ4n) is 2.49. The number of benzene rings is 1. The first-order valence-corrected chi connectivity index (χ1v) is 6.64. The average Bonchev–Trinajstić information content (AvgIpc) is 2.81. The smallest absolute Gasteiger partial charge is 0.0557 e. The molecule has 1 aromatic carbocycles. The first kappa shape index (κ1) is 13.8. The van der Waals surface area contributed by atoms with Crippen LogP contribution in [0.2, 0.25) is 5.02 Å². The van der Waals surface area contributed by atoms with Crippen LogP contribution in [0.3, 0.4) is 0 Å². The van der Waals surface area contributed by atoms with Gasteiger partial charge in [0.1, 0.15) is 0 Å². The van der Waals surface area contributed by atoms with Crippen LogP contribution in [0, 0.1) is 5.41 Å². The van der Waals surface area contributed by atoms with Gasteiger partial charge in [-0.15, -0.1) is 0 Å². The molecule has 2 rings (SSSR count). The Morgan fingerprint density at radius 2 is 2.22 bits per heavy atom. The van der Waals surface area contributed by atoms with Gasteiger partial charge < -0.3 is 14.7 Å². The first-order valence-electron chi connectivity index (χ1n) is 6.26. The molecule has 18 heavy (non-hydrogen) atoms. The zero-order valence-electron chi connectivity index (χ0n) is 10.7. The number of hydrogen-bond acceptors (Lipinski definition) is 3. The molecule has 1 saturated heterocycles. The maximum absolute atomic E-state index is 9.55. The van der Waals surface area contributed by atoms with E-state index in [1.165, 1.54) is 0 Å². The third kappa shape index (κ3) is 3.23. The Kier molecular flexibility index (Phi) is 4.62. The number of halogens is 1. The minimum absolute atomic E-state index is 0.101. The molecule has 3 nitrogen and oxygen atoms in total. The van der Waals surface area contributed by atoms with Crippen molar-refractivity contribution in [2.24, 2.45) is 5.41 Å². The van der Waals surface area contributed by atoms with Crippen molar-refractivity contribution in [3.05, 3.63) is 34.9 Å². The molecule has 0 bridgehead atoms. The lowest BCUT2D eigenvalue weighted by molar-refractivity contribution is 0.0625. The van der Waals surface area contributed by atoms with Crippen molar-refractivity contribution < 1.29 is 9.84 Å². The summed E-state index contributed by atoms with van der Waals surface area (Å²) in [5.74, 6) is 0. The van der Waals surface area contributed by atoms with Crippen LogP contribution in [0.15, 0.2) is 24.3 Å². The van der Waals surface area contributed by atoms with E-state index < -0.39 is 0 Å². The third-order valence-electron chi connectivity index (χ3n) is 3.52. The van der Waals surface area contributed by atoms with Gasteiger partial charge in [0.2, 0.25) is 0 Å². The molecular formula is C14H20ClNO2. The summed E-state index contributed by atoms with van der Waals surface area (Å²) in [4.78, 5) is 2.20. The molecule has 1 N–H and O–H groups in total. The topological polar surface area (TPSA) is 32.7 Å². The van der Waals surface area contributed by atoms with E-state index in [-0.39, 0.29) is 12.0 Å². The van der Waals surface area contributed by atoms with Crippen molar-refractivity contribution in [2.45, 2.75) is 13.0 Å². The largest absolute Gasteiger partial charge is 0.396 e. The van der Waals surface area contributed by atoms with Crippen molar-refractivity contribution in [1.82, 2.24) is 4.90 Å². The second-order valence-corrected chi connectivity index (χ2v) is 5.63. The standard InChI is InChI=1S/C14H20ClNO2/c1-16(8-12-4-2-3-5-13(12)15)9-14(10-17)6-7-18-11-14/h2-5,17H,6-11H2,1H3. The van der Waals surface area contributed by atoms with Gasteiger partial charge >= 0.3 is 0 Å². The molecule has 1 atom stereocenters. The van der Waals surface area contributed by atoms with Crippen LogP contribution < -0.4 is 0 Å². The molecule has 1 aliphatic heterocycles. The van der Waals surface area contributed by atoms with Crippen LogP contribution in [-0.2, 0) is 11.3 Å². The van der Waals surface area contributed by atoms with E-state index >= 15 is 0 Å². The molecule has 1 aromatic rings. The highest BCUT2D eigenvalue weighted by Gasteiger charge is 2.35. The van der Waals surface area contributed by atoms with E-state index in [0.29, 0.717) is 6.61 Å². The van der Waals surface area contributed by atoms with Crippen LogP contribution in [0.1, 0.15) is 12.0 Å². The van der Waals surface area contributed by atoms with Crippen LogP contribution >= 0.6 is 11.6 Å². The first-order chi connectivity index (χ1) is 8.65. The Hall–Kier alpha value is -0.610. The lowest BCUT2D eigenvalue weighted by Gasteiger charge is -2.30. The molecule has 0 aliphatic carbocycles. The Morgan fingerprint density at radius 3 is 2.83 bits per heavy atom. The summed E-state index contributed by atoms with van der Waals surface area (Å²) in [6.07, 6.45) is 0.927. The van der Waals surface area contributed by atoms with E-state index in [9.17, 15) is 5.11 Å². The zero-order chi connectivity index (χ0) is 13.0. The SMILES string of the molecule is CN(Cc1ccccc1Cl)CC1(CO)CCOC1. The number of ether oxygens (including phenoxy) is 1. The number of aliphatic hydroxyl groups excluding tert-OH is 1. The highest BCUT2D eigenvalue weighted by molar-refractivity contribution is 6.31. The van der Waals surface area contributed by atoms with Crippen molar-refractivity contribution in [3.63, 3.8) is 0 Å². The minimum Gasteiger partial charge on any atom is -0.396 e. The lowest BCUT2D eigenvalue weighted by atomic mass is 9.88. The number of hydrogen-bond donors (Lipinski definition) is 1. The normalized spacial score (nSPS) is 23.8. The molecule has 100 valence electrons. The molecule has 0 spiro atoms. The molecule has 0 amide bonds. The molecule has 4 heteroatoms. The molecule has 1 aliphatic rings. The summed E-state index contributed by atoms with van der Waals surface area (Å²) >= 11 is 6.15. The molecule has 0 saturated carbocycles. The molecule has 0 aromatic heterocycles. The monoisotopic (exact) mass is 269 g/mol. The van der Waals surface area contributed by atoms with Gasteiger partial charge in [-0.2, -0.15) is 0 Å². The summed E-state index contributed by atoms with van der Waals surface area (Å²) < 4.78 is 5.41. The van der Waals surface area contributed by atoms with Crippen molar-refractivity contribution in [2.75, 3.05) is 33.4 Å². The quantitative estimate of drug-likeness (QED) is 0.889. The van der Waals surface area contributed by atoms with Gasteiger partial charge in [-0.25, -0.2) is 0 Å². The molecule has 1 fully saturated rings. The van der Waals surface area contributed by atoms with Crippen molar-refractivity contribution >= 4 is 11.6 Å². The second-order valence-electron chi connectivity index (χ2n) is 5.22. The van der Waals surface area contributed by atoms with Gasteiger partial charge in [-0.3, -0.25) is 0 Å². The molecule has 1 unspecified atom stereocenters. The van der Waals surface area contributed by atoms with E-state index in [1.807, 2.05) is 24.3 Å². The molecule has 0 radical (unpaired) electrons. The number of aliphatic hydroxyl groups is 1. The number of rotatable bonds is 5. The maximum Gasteiger partial charge on any atom is 0.0557 e. The molecule has 1 heterocycles. The van der Waals surface area contributed by atoms with Gasteiger partial charge in [0.15, 0.2) is 0 Å². The Balaban J connectivity index is 1.96. The van der Waals surface area contributed by atoms with Gasteiger partial charge in [0.05, 0.1) is 13.2 Å². The van der Waals surface area contributed by atoms with Gasteiger partial charge in [-0.1, -0.05) is 29.8 Å². The van der Waals surface area contributed by atoms with Gasteiger partial charge in [-0.05, 0) is 25.1 Å². The van der Waals surface area contributed by atoms with Crippen LogP contribution in [-0.4, -0.2) is 43.4 Å². The zero-order valence-corrected chi connectivity index (χ0v) is 11.5. The summed E-state index contributed by atoms with van der Waals surface area (Å²) in [6.45, 7) is 3.20. The summed E-state index contributed by atoms with van der Waals surface area (Å²) in [7, 11) is 2.05. The van der Waals surface area contributed by atoms with Crippen molar-refractivity contribution in [1.29, 1.82) is 0 Å². The Bertz CT molecular complexity index is 391. The van der Waals surface area contributed by atoms with E-state index in [1.54, 1.807) is 0 Å². The fraction of sp³-hybridized carbons (Fsp3) is 0.571. The van der Waals surface area contributed by atoms with E-state index in [4.69, 9.17) is 16.3 Å².